The molecule has 0 saturated carbocycles. The van der Waals surface area contributed by atoms with E-state index in [2.05, 4.69) is 16.3 Å². The summed E-state index contributed by atoms with van der Waals surface area (Å²) in [5.41, 5.74) is 6.64. The van der Waals surface area contributed by atoms with Crippen molar-refractivity contribution in [2.45, 2.75) is 19.4 Å². The molecular weight excluding hydrogens is 330 g/mol. The Labute approximate surface area is 149 Å². The summed E-state index contributed by atoms with van der Waals surface area (Å²) < 4.78 is 11.2. The molecule has 0 spiro atoms. The van der Waals surface area contributed by atoms with Crippen LogP contribution in [0.4, 0.5) is 0 Å². The number of rotatable bonds is 5. The van der Waals surface area contributed by atoms with Crippen LogP contribution in [0.15, 0.2) is 18.2 Å². The molecule has 1 fully saturated rings. The lowest BCUT2D eigenvalue weighted by Crippen LogP contribution is -2.43. The van der Waals surface area contributed by atoms with Crippen molar-refractivity contribution in [2.75, 3.05) is 39.4 Å². The Morgan fingerprint density at radius 3 is 2.88 bits per heavy atom. The van der Waals surface area contributed by atoms with Crippen molar-refractivity contribution in [3.05, 3.63) is 23.8 Å². The third-order valence-corrected chi connectivity index (χ3v) is 4.33. The van der Waals surface area contributed by atoms with Crippen LogP contribution in [0, 0.1) is 5.92 Å². The Morgan fingerprint density at radius 2 is 2.08 bits per heavy atom. The molecule has 1 atom stereocenters. The fraction of sp³-hybridized carbons (Fsp3) is 0.588. The summed E-state index contributed by atoms with van der Waals surface area (Å²) in [5.74, 6) is 1.83. The van der Waals surface area contributed by atoms with E-state index in [0.717, 1.165) is 44.0 Å². The molecule has 1 amide bonds. The lowest BCUT2D eigenvalue weighted by atomic mass is 9.96. The molecule has 1 aromatic rings. The van der Waals surface area contributed by atoms with Gasteiger partial charge in [0.2, 0.25) is 5.91 Å². The van der Waals surface area contributed by atoms with E-state index in [9.17, 15) is 4.79 Å². The summed E-state index contributed by atoms with van der Waals surface area (Å²) in [4.78, 5) is 14.5. The predicted octanol–water partition coefficient (Wildman–Crippen LogP) is 1.17. The number of carbonyl (C=O) groups is 1. The summed E-state index contributed by atoms with van der Waals surface area (Å²) in [6.45, 7) is 4.90. The van der Waals surface area contributed by atoms with Crippen LogP contribution in [-0.4, -0.2) is 50.2 Å². The minimum absolute atomic E-state index is 0. The average Bonchev–Trinajstić information content (AvgIpc) is 2.60. The van der Waals surface area contributed by atoms with Crippen LogP contribution in [0.2, 0.25) is 0 Å². The number of piperidine rings is 1. The number of carbonyl (C=O) groups excluding carboxylic acids is 1. The maximum Gasteiger partial charge on any atom is 0.224 e. The van der Waals surface area contributed by atoms with Crippen molar-refractivity contribution in [3.63, 3.8) is 0 Å². The molecule has 0 radical (unpaired) electrons. The molecule has 0 aliphatic carbocycles. The molecular formula is C17H26ClN3O3. The Bertz CT molecular complexity index is 556. The van der Waals surface area contributed by atoms with E-state index in [-0.39, 0.29) is 24.2 Å². The molecule has 3 rings (SSSR count). The van der Waals surface area contributed by atoms with E-state index in [1.54, 1.807) is 0 Å². The normalized spacial score (nSPS) is 20.1. The van der Waals surface area contributed by atoms with Crippen molar-refractivity contribution >= 4 is 18.3 Å². The summed E-state index contributed by atoms with van der Waals surface area (Å²) in [6.07, 6.45) is 2.00. The highest BCUT2D eigenvalue weighted by atomic mass is 35.5. The van der Waals surface area contributed by atoms with Crippen LogP contribution < -0.4 is 20.5 Å². The zero-order valence-corrected chi connectivity index (χ0v) is 14.6. The standard InChI is InChI=1S/C17H25N3O3.ClH/c18-5-6-19-17(21)14-2-1-7-20(12-14)11-13-3-4-15-16(10-13)23-9-8-22-15;/h3-4,10,14H,1-2,5-9,11-12,18H2,(H,19,21);1H. The summed E-state index contributed by atoms with van der Waals surface area (Å²) in [5, 5.41) is 2.90. The molecule has 2 aliphatic heterocycles. The van der Waals surface area contributed by atoms with Crippen molar-refractivity contribution in [3.8, 4) is 11.5 Å². The first-order valence-corrected chi connectivity index (χ1v) is 8.35. The molecule has 6 nitrogen and oxygen atoms in total. The van der Waals surface area contributed by atoms with Crippen molar-refractivity contribution < 1.29 is 14.3 Å². The van der Waals surface area contributed by atoms with Crippen molar-refractivity contribution in [1.82, 2.24) is 10.2 Å². The maximum atomic E-state index is 12.1. The van der Waals surface area contributed by atoms with Crippen LogP contribution in [-0.2, 0) is 11.3 Å². The minimum Gasteiger partial charge on any atom is -0.486 e. The fourth-order valence-electron chi connectivity index (χ4n) is 3.20. The van der Waals surface area contributed by atoms with Gasteiger partial charge in [-0.1, -0.05) is 6.07 Å². The molecule has 24 heavy (non-hydrogen) atoms. The van der Waals surface area contributed by atoms with E-state index in [1.165, 1.54) is 5.56 Å². The molecule has 134 valence electrons. The smallest absolute Gasteiger partial charge is 0.224 e. The van der Waals surface area contributed by atoms with Crippen LogP contribution in [0.1, 0.15) is 18.4 Å². The molecule has 2 aliphatic rings. The molecule has 2 heterocycles. The van der Waals surface area contributed by atoms with Gasteiger partial charge < -0.3 is 20.5 Å². The molecule has 0 bridgehead atoms. The van der Waals surface area contributed by atoms with E-state index in [0.29, 0.717) is 26.3 Å². The van der Waals surface area contributed by atoms with E-state index >= 15 is 0 Å². The second kappa shape index (κ2) is 9.11. The SMILES string of the molecule is Cl.NCCNC(=O)C1CCCN(Cc2ccc3c(c2)OCCO3)C1. The number of halogens is 1. The number of benzene rings is 1. The summed E-state index contributed by atoms with van der Waals surface area (Å²) in [6, 6.07) is 6.09. The number of nitrogens with one attached hydrogen (secondary N) is 1. The highest BCUT2D eigenvalue weighted by Crippen LogP contribution is 2.31. The predicted molar refractivity (Wildman–Crippen MR) is 94.7 cm³/mol. The second-order valence-corrected chi connectivity index (χ2v) is 6.13. The van der Waals surface area contributed by atoms with Gasteiger partial charge >= 0.3 is 0 Å². The van der Waals surface area contributed by atoms with Gasteiger partial charge in [-0.15, -0.1) is 12.4 Å². The number of nitrogens with zero attached hydrogens (tertiary/aromatic N) is 1. The third-order valence-electron chi connectivity index (χ3n) is 4.33. The molecule has 1 saturated heterocycles. The number of hydrogen-bond acceptors (Lipinski definition) is 5. The van der Waals surface area contributed by atoms with E-state index in [1.807, 2.05) is 12.1 Å². The first kappa shape index (κ1) is 18.8. The van der Waals surface area contributed by atoms with Gasteiger partial charge in [-0.3, -0.25) is 9.69 Å². The molecule has 3 N–H and O–H groups in total. The van der Waals surface area contributed by atoms with Gasteiger partial charge in [0.05, 0.1) is 5.92 Å². The average molecular weight is 356 g/mol. The Hall–Kier alpha value is -1.50. The number of ether oxygens (including phenoxy) is 2. The van der Waals surface area contributed by atoms with Crippen LogP contribution in [0.3, 0.4) is 0 Å². The first-order chi connectivity index (χ1) is 11.3. The maximum absolute atomic E-state index is 12.1. The molecule has 0 aromatic heterocycles. The zero-order valence-electron chi connectivity index (χ0n) is 13.8. The highest BCUT2D eigenvalue weighted by Gasteiger charge is 2.25. The topological polar surface area (TPSA) is 76.8 Å². The third kappa shape index (κ3) is 4.75. The summed E-state index contributed by atoms with van der Waals surface area (Å²) >= 11 is 0. The number of fused-ring (bicyclic) bond motifs is 1. The van der Waals surface area contributed by atoms with Gasteiger partial charge in [0.15, 0.2) is 11.5 Å². The van der Waals surface area contributed by atoms with Crippen LogP contribution >= 0.6 is 12.4 Å². The monoisotopic (exact) mass is 355 g/mol. The van der Waals surface area contributed by atoms with Crippen LogP contribution in [0.5, 0.6) is 11.5 Å². The van der Waals surface area contributed by atoms with E-state index in [4.69, 9.17) is 15.2 Å². The second-order valence-electron chi connectivity index (χ2n) is 6.13. The van der Waals surface area contributed by atoms with Crippen molar-refractivity contribution in [2.24, 2.45) is 11.7 Å². The Balaban J connectivity index is 0.00000208. The van der Waals surface area contributed by atoms with Crippen molar-refractivity contribution in [1.29, 1.82) is 0 Å². The Morgan fingerprint density at radius 1 is 1.29 bits per heavy atom. The molecule has 7 heteroatoms. The Kier molecular flexibility index (Phi) is 7.15. The van der Waals surface area contributed by atoms with Gasteiger partial charge in [-0.2, -0.15) is 0 Å². The number of likely N-dealkylation sites (tertiary alicyclic amines) is 1. The molecule has 1 unspecified atom stereocenters. The molecule has 1 aromatic carbocycles. The van der Waals surface area contributed by atoms with Gasteiger partial charge in [0.25, 0.3) is 0 Å². The summed E-state index contributed by atoms with van der Waals surface area (Å²) in [7, 11) is 0. The van der Waals surface area contributed by atoms with Gasteiger partial charge in [0.1, 0.15) is 13.2 Å². The quantitative estimate of drug-likeness (QED) is 0.829. The lowest BCUT2D eigenvalue weighted by Gasteiger charge is -2.32. The fourth-order valence-corrected chi connectivity index (χ4v) is 3.20. The minimum atomic E-state index is 0. The number of nitrogens with two attached hydrogens (primary N) is 1. The largest absolute Gasteiger partial charge is 0.486 e. The van der Waals surface area contributed by atoms with Gasteiger partial charge in [0, 0.05) is 26.2 Å². The number of amides is 1. The zero-order chi connectivity index (χ0) is 16.1. The first-order valence-electron chi connectivity index (χ1n) is 8.35. The van der Waals surface area contributed by atoms with E-state index < -0.39 is 0 Å². The lowest BCUT2D eigenvalue weighted by molar-refractivity contribution is -0.126. The van der Waals surface area contributed by atoms with Gasteiger partial charge in [-0.05, 0) is 37.1 Å². The van der Waals surface area contributed by atoms with Crippen LogP contribution in [0.25, 0.3) is 0 Å². The van der Waals surface area contributed by atoms with Gasteiger partial charge in [-0.25, -0.2) is 0 Å². The highest BCUT2D eigenvalue weighted by molar-refractivity contribution is 5.85. The number of hydrogen-bond donors (Lipinski definition) is 2.